The van der Waals surface area contributed by atoms with Gasteiger partial charge < -0.3 is 9.64 Å². The Hall–Kier alpha value is -0.650. The van der Waals surface area contributed by atoms with Gasteiger partial charge in [-0.2, -0.15) is 0 Å². The third-order valence-corrected chi connectivity index (χ3v) is 6.00. The van der Waals surface area contributed by atoms with E-state index in [-0.39, 0.29) is 0 Å². The predicted octanol–water partition coefficient (Wildman–Crippen LogP) is 1.43. The van der Waals surface area contributed by atoms with E-state index in [1.165, 1.54) is 38.5 Å². The fraction of sp³-hybridized carbons (Fsp3) is 0.944. The Balaban J connectivity index is 1.45. The standard InChI is InChI=1S/C18H33N3O2/c1-23-14-13-19-9-11-20(12-10-19)15-18(22)21-8-4-6-16-5-2-3-7-17(16)21/h16-17H,2-15H2,1H3. The first-order valence-corrected chi connectivity index (χ1v) is 9.51. The molecule has 5 nitrogen and oxygen atoms in total. The number of hydrogen-bond donors (Lipinski definition) is 0. The molecule has 1 aliphatic carbocycles. The van der Waals surface area contributed by atoms with Gasteiger partial charge in [-0.05, 0) is 31.6 Å². The van der Waals surface area contributed by atoms with Crippen LogP contribution in [0.25, 0.3) is 0 Å². The highest BCUT2D eigenvalue weighted by atomic mass is 16.5. The Morgan fingerprint density at radius 3 is 2.43 bits per heavy atom. The number of hydrogen-bond acceptors (Lipinski definition) is 4. The monoisotopic (exact) mass is 323 g/mol. The Kier molecular flexibility index (Phi) is 6.31. The lowest BCUT2D eigenvalue weighted by molar-refractivity contribution is -0.139. The zero-order valence-electron chi connectivity index (χ0n) is 14.7. The summed E-state index contributed by atoms with van der Waals surface area (Å²) in [4.78, 5) is 19.8. The van der Waals surface area contributed by atoms with E-state index in [4.69, 9.17) is 4.74 Å². The first-order chi connectivity index (χ1) is 11.3. The second kappa shape index (κ2) is 8.45. The smallest absolute Gasteiger partial charge is 0.237 e. The Morgan fingerprint density at radius 2 is 1.65 bits per heavy atom. The van der Waals surface area contributed by atoms with Gasteiger partial charge in [-0.25, -0.2) is 0 Å². The maximum atomic E-state index is 12.8. The van der Waals surface area contributed by atoms with Crippen LogP contribution in [-0.4, -0.2) is 86.2 Å². The van der Waals surface area contributed by atoms with Gasteiger partial charge >= 0.3 is 0 Å². The van der Waals surface area contributed by atoms with Crippen molar-refractivity contribution in [2.75, 3.05) is 59.5 Å². The Labute approximate surface area is 140 Å². The molecule has 0 radical (unpaired) electrons. The number of amides is 1. The van der Waals surface area contributed by atoms with Gasteiger partial charge in [-0.1, -0.05) is 12.8 Å². The van der Waals surface area contributed by atoms with Crippen LogP contribution in [-0.2, 0) is 9.53 Å². The third kappa shape index (κ3) is 4.46. The summed E-state index contributed by atoms with van der Waals surface area (Å²) in [5, 5.41) is 0. The number of methoxy groups -OCH3 is 1. The number of piperidine rings is 1. The molecule has 2 atom stereocenters. The van der Waals surface area contributed by atoms with E-state index >= 15 is 0 Å². The van der Waals surface area contributed by atoms with Crippen LogP contribution in [0.15, 0.2) is 0 Å². The highest BCUT2D eigenvalue weighted by Crippen LogP contribution is 2.35. The largest absolute Gasteiger partial charge is 0.383 e. The van der Waals surface area contributed by atoms with E-state index in [9.17, 15) is 4.79 Å². The van der Waals surface area contributed by atoms with Crippen molar-refractivity contribution in [2.24, 2.45) is 5.92 Å². The van der Waals surface area contributed by atoms with Crippen molar-refractivity contribution >= 4 is 5.91 Å². The minimum absolute atomic E-state index is 0.381. The molecule has 3 rings (SSSR count). The van der Waals surface area contributed by atoms with Crippen LogP contribution >= 0.6 is 0 Å². The normalized spacial score (nSPS) is 30.2. The summed E-state index contributed by atoms with van der Waals surface area (Å²) < 4.78 is 5.15. The summed E-state index contributed by atoms with van der Waals surface area (Å²) in [7, 11) is 1.76. The van der Waals surface area contributed by atoms with Crippen LogP contribution in [0.2, 0.25) is 0 Å². The highest BCUT2D eigenvalue weighted by Gasteiger charge is 2.36. The van der Waals surface area contributed by atoms with Crippen molar-refractivity contribution in [1.82, 2.24) is 14.7 Å². The lowest BCUT2D eigenvalue weighted by Crippen LogP contribution is -2.55. The summed E-state index contributed by atoms with van der Waals surface area (Å²) in [6.07, 6.45) is 7.80. The third-order valence-electron chi connectivity index (χ3n) is 6.00. The fourth-order valence-electron chi connectivity index (χ4n) is 4.61. The predicted molar refractivity (Wildman–Crippen MR) is 91.4 cm³/mol. The molecule has 2 unspecified atom stereocenters. The molecule has 1 amide bonds. The van der Waals surface area contributed by atoms with Crippen molar-refractivity contribution in [3.8, 4) is 0 Å². The fourth-order valence-corrected chi connectivity index (χ4v) is 4.61. The summed E-state index contributed by atoms with van der Waals surface area (Å²) >= 11 is 0. The summed E-state index contributed by atoms with van der Waals surface area (Å²) in [6.45, 7) is 7.57. The van der Waals surface area contributed by atoms with E-state index in [0.29, 0.717) is 18.5 Å². The molecule has 0 aromatic rings. The zero-order valence-corrected chi connectivity index (χ0v) is 14.7. The van der Waals surface area contributed by atoms with Gasteiger partial charge in [0, 0.05) is 52.4 Å². The molecular formula is C18H33N3O2. The van der Waals surface area contributed by atoms with Crippen LogP contribution in [0.3, 0.4) is 0 Å². The summed E-state index contributed by atoms with van der Waals surface area (Å²) in [6, 6.07) is 0.549. The van der Waals surface area contributed by atoms with Crippen LogP contribution in [0.5, 0.6) is 0 Å². The van der Waals surface area contributed by atoms with Crippen molar-refractivity contribution in [3.05, 3.63) is 0 Å². The molecule has 0 aromatic heterocycles. The minimum atomic E-state index is 0.381. The van der Waals surface area contributed by atoms with E-state index in [2.05, 4.69) is 14.7 Å². The van der Waals surface area contributed by atoms with Crippen molar-refractivity contribution in [1.29, 1.82) is 0 Å². The molecule has 0 spiro atoms. The highest BCUT2D eigenvalue weighted by molar-refractivity contribution is 5.78. The van der Waals surface area contributed by atoms with Crippen LogP contribution in [0, 0.1) is 5.92 Å². The number of rotatable bonds is 5. The molecule has 132 valence electrons. The molecule has 3 aliphatic rings. The van der Waals surface area contributed by atoms with Gasteiger partial charge in [0.05, 0.1) is 13.2 Å². The number of ether oxygens (including phenoxy) is 1. The minimum Gasteiger partial charge on any atom is -0.383 e. The topological polar surface area (TPSA) is 36.0 Å². The summed E-state index contributed by atoms with van der Waals surface area (Å²) in [5.41, 5.74) is 0. The van der Waals surface area contributed by atoms with Crippen LogP contribution in [0.4, 0.5) is 0 Å². The molecule has 1 saturated carbocycles. The maximum absolute atomic E-state index is 12.8. The molecule has 2 saturated heterocycles. The van der Waals surface area contributed by atoms with Gasteiger partial charge in [0.2, 0.25) is 5.91 Å². The van der Waals surface area contributed by atoms with Crippen LogP contribution < -0.4 is 0 Å². The molecule has 0 bridgehead atoms. The average molecular weight is 323 g/mol. The summed E-state index contributed by atoms with van der Waals surface area (Å²) in [5.74, 6) is 1.17. The SMILES string of the molecule is COCCN1CCN(CC(=O)N2CCCC3CCCCC32)CC1. The Bertz CT molecular complexity index is 380. The number of likely N-dealkylation sites (tertiary alicyclic amines) is 1. The molecule has 3 fully saturated rings. The molecule has 2 heterocycles. The lowest BCUT2D eigenvalue weighted by atomic mass is 9.78. The van der Waals surface area contributed by atoms with Crippen molar-refractivity contribution < 1.29 is 9.53 Å². The zero-order chi connectivity index (χ0) is 16.1. The molecule has 2 aliphatic heterocycles. The van der Waals surface area contributed by atoms with Crippen molar-refractivity contribution in [2.45, 2.75) is 44.6 Å². The molecule has 0 aromatic carbocycles. The quantitative estimate of drug-likeness (QED) is 0.767. The molecule has 5 heteroatoms. The van der Waals surface area contributed by atoms with E-state index in [1.54, 1.807) is 7.11 Å². The van der Waals surface area contributed by atoms with Crippen molar-refractivity contribution in [3.63, 3.8) is 0 Å². The van der Waals surface area contributed by atoms with Gasteiger partial charge in [-0.15, -0.1) is 0 Å². The first kappa shape index (κ1) is 17.2. The average Bonchev–Trinajstić information content (AvgIpc) is 2.60. The number of nitrogens with zero attached hydrogens (tertiary/aromatic N) is 3. The number of fused-ring (bicyclic) bond motifs is 1. The lowest BCUT2D eigenvalue weighted by Gasteiger charge is -2.45. The first-order valence-electron chi connectivity index (χ1n) is 9.51. The number of carbonyl (C=O) groups is 1. The van der Waals surface area contributed by atoms with Gasteiger partial charge in [0.25, 0.3) is 0 Å². The van der Waals surface area contributed by atoms with E-state index < -0.39 is 0 Å². The number of carbonyl (C=O) groups excluding carboxylic acids is 1. The van der Waals surface area contributed by atoms with E-state index in [1.807, 2.05) is 0 Å². The maximum Gasteiger partial charge on any atom is 0.237 e. The van der Waals surface area contributed by atoms with E-state index in [0.717, 1.165) is 51.8 Å². The molecule has 23 heavy (non-hydrogen) atoms. The van der Waals surface area contributed by atoms with Gasteiger partial charge in [0.1, 0.15) is 0 Å². The second-order valence-electron chi connectivity index (χ2n) is 7.45. The molecular weight excluding hydrogens is 290 g/mol. The Morgan fingerprint density at radius 1 is 0.957 bits per heavy atom. The van der Waals surface area contributed by atoms with Gasteiger partial charge in [0.15, 0.2) is 0 Å². The second-order valence-corrected chi connectivity index (χ2v) is 7.45. The van der Waals surface area contributed by atoms with Gasteiger partial charge in [-0.3, -0.25) is 14.6 Å². The van der Waals surface area contributed by atoms with Crippen LogP contribution in [0.1, 0.15) is 38.5 Å². The number of piperazine rings is 1. The molecule has 0 N–H and O–H groups in total.